The van der Waals surface area contributed by atoms with Crippen molar-refractivity contribution in [3.8, 4) is 11.5 Å². The zero-order valence-electron chi connectivity index (χ0n) is 19.5. The molecule has 0 radical (unpaired) electrons. The van der Waals surface area contributed by atoms with Crippen molar-refractivity contribution >= 4 is 56.8 Å². The number of aliphatic hydroxyl groups excluding tert-OH is 3. The fraction of sp³-hybridized carbons (Fsp3) is 0.417. The van der Waals surface area contributed by atoms with Crippen molar-refractivity contribution in [2.75, 3.05) is 32.2 Å². The largest absolute Gasteiger partial charge is 0.491 e. The van der Waals surface area contributed by atoms with Crippen molar-refractivity contribution in [3.63, 3.8) is 0 Å². The van der Waals surface area contributed by atoms with Crippen LogP contribution in [0.3, 0.4) is 0 Å². The Morgan fingerprint density at radius 3 is 2.26 bits per heavy atom. The van der Waals surface area contributed by atoms with Crippen LogP contribution in [0.2, 0.25) is 0 Å². The van der Waals surface area contributed by atoms with Gasteiger partial charge < -0.3 is 30.2 Å². The first-order valence-electron chi connectivity index (χ1n) is 11.0. The third kappa shape index (κ3) is 7.49. The highest BCUT2D eigenvalue weighted by molar-refractivity contribution is 14.1. The number of hydrogen-bond acceptors (Lipinski definition) is 8. The number of ether oxygens (including phenoxy) is 2. The van der Waals surface area contributed by atoms with Gasteiger partial charge in [-0.3, -0.25) is 5.01 Å². The third-order valence-electron chi connectivity index (χ3n) is 5.66. The van der Waals surface area contributed by atoms with E-state index in [4.69, 9.17) is 21.1 Å². The number of rotatable bonds is 12. The molecule has 192 valence electrons. The minimum absolute atomic E-state index is 0.105. The summed E-state index contributed by atoms with van der Waals surface area (Å²) in [6, 6.07) is 13.9. The molecule has 2 aromatic carbocycles. The summed E-state index contributed by atoms with van der Waals surface area (Å²) in [5.41, 5.74) is 8.44. The predicted molar refractivity (Wildman–Crippen MR) is 153 cm³/mol. The quantitative estimate of drug-likeness (QED) is 0.129. The minimum Gasteiger partial charge on any atom is -0.491 e. The first-order chi connectivity index (χ1) is 16.6. The lowest BCUT2D eigenvalue weighted by molar-refractivity contribution is 0.0677. The molecular weight excluding hydrogens is 700 g/mol. The average Bonchev–Trinajstić information content (AvgIpc) is 3.20. The molecule has 0 amide bonds. The monoisotopic (exact) mass is 729 g/mol. The Kier molecular flexibility index (Phi) is 10.6. The SMILES string of the molecule is CC(C)(c1ccc(OC[C@@H](O)CCl)cc1)c1ccc(OC[C@@H](O)CN2NNC(CO)=C2I)c(I)c1. The molecule has 0 saturated heterocycles. The molecule has 0 aliphatic carbocycles. The van der Waals surface area contributed by atoms with Gasteiger partial charge in [0.2, 0.25) is 0 Å². The number of aliphatic hydroxyl groups is 3. The number of halogens is 3. The fourth-order valence-electron chi connectivity index (χ4n) is 3.46. The number of alkyl halides is 1. The van der Waals surface area contributed by atoms with E-state index in [9.17, 15) is 15.3 Å². The van der Waals surface area contributed by atoms with Crippen LogP contribution in [0.5, 0.6) is 11.5 Å². The lowest BCUT2D eigenvalue weighted by Crippen LogP contribution is -2.43. The molecule has 8 nitrogen and oxygen atoms in total. The maximum Gasteiger partial charge on any atom is 0.132 e. The molecule has 2 aromatic rings. The van der Waals surface area contributed by atoms with Gasteiger partial charge in [0.25, 0.3) is 0 Å². The lowest BCUT2D eigenvalue weighted by Gasteiger charge is -2.27. The first kappa shape index (κ1) is 28.5. The van der Waals surface area contributed by atoms with Crippen molar-refractivity contribution in [3.05, 3.63) is 66.6 Å². The molecule has 0 bridgehead atoms. The van der Waals surface area contributed by atoms with Crippen LogP contribution in [-0.4, -0.2) is 64.8 Å². The molecule has 35 heavy (non-hydrogen) atoms. The fourth-order valence-corrected chi connectivity index (χ4v) is 4.84. The summed E-state index contributed by atoms with van der Waals surface area (Å²) in [6.45, 7) is 4.80. The van der Waals surface area contributed by atoms with E-state index >= 15 is 0 Å². The zero-order valence-corrected chi connectivity index (χ0v) is 24.5. The third-order valence-corrected chi connectivity index (χ3v) is 8.09. The van der Waals surface area contributed by atoms with Crippen LogP contribution >= 0.6 is 56.8 Å². The molecule has 1 aliphatic rings. The number of benzene rings is 2. The average molecular weight is 730 g/mol. The van der Waals surface area contributed by atoms with E-state index in [0.29, 0.717) is 23.7 Å². The van der Waals surface area contributed by atoms with Crippen LogP contribution in [0, 0.1) is 3.57 Å². The summed E-state index contributed by atoms with van der Waals surface area (Å²) in [5.74, 6) is 1.53. The van der Waals surface area contributed by atoms with E-state index in [-0.39, 0.29) is 31.1 Å². The second-order valence-electron chi connectivity index (χ2n) is 8.65. The maximum absolute atomic E-state index is 10.4. The molecule has 5 N–H and O–H groups in total. The minimum atomic E-state index is -0.731. The number of nitrogens with zero attached hydrogens (tertiary/aromatic N) is 1. The molecule has 3 rings (SSSR count). The second-order valence-corrected chi connectivity index (χ2v) is 11.1. The standard InChI is InChI=1S/C24H30ClI2N3O5/c1-24(2,15-3-6-19(7-4-15)34-13-17(32)10-25)16-5-8-22(20(26)9-16)35-14-18(33)11-30-23(27)21(12-31)28-29-30/h3-9,17-18,28-29,31-33H,10-14H2,1-2H3/t17-,18-/m0/s1. The highest BCUT2D eigenvalue weighted by Gasteiger charge is 2.25. The van der Waals surface area contributed by atoms with Crippen LogP contribution in [0.25, 0.3) is 0 Å². The highest BCUT2D eigenvalue weighted by Crippen LogP contribution is 2.35. The van der Waals surface area contributed by atoms with E-state index in [2.05, 4.69) is 76.1 Å². The van der Waals surface area contributed by atoms with Crippen molar-refractivity contribution < 1.29 is 24.8 Å². The van der Waals surface area contributed by atoms with Crippen LogP contribution in [0.15, 0.2) is 51.9 Å². The van der Waals surface area contributed by atoms with Gasteiger partial charge in [0.05, 0.1) is 28.3 Å². The van der Waals surface area contributed by atoms with E-state index in [0.717, 1.165) is 18.4 Å². The van der Waals surface area contributed by atoms with E-state index in [1.54, 1.807) is 5.01 Å². The summed E-state index contributed by atoms with van der Waals surface area (Å²) in [4.78, 5) is 0. The maximum atomic E-state index is 10.4. The van der Waals surface area contributed by atoms with Crippen molar-refractivity contribution in [2.45, 2.75) is 31.5 Å². The number of hydrogen-bond donors (Lipinski definition) is 5. The Bertz CT molecular complexity index is 1020. The van der Waals surface area contributed by atoms with Crippen LogP contribution in [-0.2, 0) is 5.41 Å². The summed E-state index contributed by atoms with van der Waals surface area (Å²) in [7, 11) is 0. The number of β-amino-alcohol motifs (C(OH)–C–C–N with tert-alkyl or cyclic N) is 1. The van der Waals surface area contributed by atoms with Gasteiger partial charge in [-0.25, -0.2) is 0 Å². The molecule has 0 fully saturated rings. The molecule has 2 atom stereocenters. The molecular formula is C24H30ClI2N3O5. The Hall–Kier alpha value is -1.03. The van der Waals surface area contributed by atoms with Gasteiger partial charge in [-0.1, -0.05) is 32.0 Å². The molecule has 11 heteroatoms. The normalized spacial score (nSPS) is 15.7. The Morgan fingerprint density at radius 2 is 1.66 bits per heavy atom. The van der Waals surface area contributed by atoms with Crippen molar-refractivity contribution in [1.82, 2.24) is 16.0 Å². The molecule has 0 saturated carbocycles. The molecule has 1 aliphatic heterocycles. The summed E-state index contributed by atoms with van der Waals surface area (Å²) in [5, 5.41) is 31.0. The number of hydrazine groups is 2. The van der Waals surface area contributed by atoms with Crippen molar-refractivity contribution in [2.24, 2.45) is 0 Å². The molecule has 0 unspecified atom stereocenters. The predicted octanol–water partition coefficient (Wildman–Crippen LogP) is 3.26. The summed E-state index contributed by atoms with van der Waals surface area (Å²) < 4.78 is 13.2. The van der Waals surface area contributed by atoms with Gasteiger partial charge in [0.15, 0.2) is 0 Å². The van der Waals surface area contributed by atoms with Crippen molar-refractivity contribution in [1.29, 1.82) is 0 Å². The van der Waals surface area contributed by atoms with Gasteiger partial charge in [-0.05, 0) is 80.6 Å². The summed E-state index contributed by atoms with van der Waals surface area (Å²) >= 11 is 9.97. The van der Waals surface area contributed by atoms with Crippen LogP contribution in [0.1, 0.15) is 25.0 Å². The molecule has 0 spiro atoms. The van der Waals surface area contributed by atoms with Gasteiger partial charge >= 0.3 is 0 Å². The molecule has 1 heterocycles. The first-order valence-corrected chi connectivity index (χ1v) is 13.7. The van der Waals surface area contributed by atoms with Crippen LogP contribution in [0.4, 0.5) is 0 Å². The lowest BCUT2D eigenvalue weighted by atomic mass is 9.78. The Morgan fingerprint density at radius 1 is 1.00 bits per heavy atom. The Labute approximate surface area is 237 Å². The van der Waals surface area contributed by atoms with E-state index in [1.165, 1.54) is 0 Å². The van der Waals surface area contributed by atoms with E-state index < -0.39 is 12.2 Å². The smallest absolute Gasteiger partial charge is 0.132 e. The van der Waals surface area contributed by atoms with Crippen LogP contribution < -0.4 is 20.4 Å². The number of nitrogens with one attached hydrogen (secondary N) is 2. The van der Waals surface area contributed by atoms with Gasteiger partial charge in [0, 0.05) is 5.41 Å². The molecule has 0 aromatic heterocycles. The van der Waals surface area contributed by atoms with Gasteiger partial charge in [0.1, 0.15) is 40.6 Å². The van der Waals surface area contributed by atoms with E-state index in [1.807, 2.05) is 36.4 Å². The van der Waals surface area contributed by atoms with Gasteiger partial charge in [-0.2, -0.15) is 0 Å². The second kappa shape index (κ2) is 13.0. The Balaban J connectivity index is 1.60. The van der Waals surface area contributed by atoms with Gasteiger partial charge in [-0.15, -0.1) is 17.1 Å². The highest BCUT2D eigenvalue weighted by atomic mass is 127. The summed E-state index contributed by atoms with van der Waals surface area (Å²) in [6.07, 6.45) is -1.42. The zero-order chi connectivity index (χ0) is 25.6. The topological polar surface area (TPSA) is 106 Å².